The van der Waals surface area contributed by atoms with Crippen LogP contribution in [0.2, 0.25) is 0 Å². The average Bonchev–Trinajstić information content (AvgIpc) is 2.38. The molecule has 1 aromatic rings. The van der Waals surface area contributed by atoms with Gasteiger partial charge in [-0.05, 0) is 37.5 Å². The molecule has 4 heteroatoms. The molecule has 0 aliphatic carbocycles. The van der Waals surface area contributed by atoms with Gasteiger partial charge in [-0.2, -0.15) is 0 Å². The van der Waals surface area contributed by atoms with Crippen molar-refractivity contribution in [3.05, 3.63) is 30.1 Å². The minimum atomic E-state index is -0.319. The first-order chi connectivity index (χ1) is 8.18. The fourth-order valence-electron chi connectivity index (χ4n) is 2.09. The molecule has 1 aliphatic rings. The molecule has 0 bridgehead atoms. The van der Waals surface area contributed by atoms with Gasteiger partial charge in [0.15, 0.2) is 0 Å². The molecule has 0 radical (unpaired) electrons. The molecular weight excluding hydrogens is 219 g/mol. The highest BCUT2D eigenvalue weighted by atomic mass is 19.1. The first-order valence-electron chi connectivity index (χ1n) is 5.96. The Morgan fingerprint density at radius 1 is 1.29 bits per heavy atom. The second-order valence-electron chi connectivity index (χ2n) is 4.37. The zero-order chi connectivity index (χ0) is 12.3. The van der Waals surface area contributed by atoms with Crippen LogP contribution in [-0.4, -0.2) is 31.1 Å². The summed E-state index contributed by atoms with van der Waals surface area (Å²) >= 11 is 0. The smallest absolute Gasteiger partial charge is 0.324 e. The predicted molar refractivity (Wildman–Crippen MR) is 65.6 cm³/mol. The van der Waals surface area contributed by atoms with E-state index in [1.54, 1.807) is 19.2 Å². The maximum Gasteiger partial charge on any atom is 0.324 e. The van der Waals surface area contributed by atoms with Crippen LogP contribution in [0.5, 0.6) is 0 Å². The maximum absolute atomic E-state index is 13.1. The minimum Gasteiger partial charge on any atom is -0.324 e. The first-order valence-corrected chi connectivity index (χ1v) is 5.96. The molecule has 0 saturated carbocycles. The Morgan fingerprint density at radius 2 is 2.00 bits per heavy atom. The second kappa shape index (κ2) is 5.17. The third kappa shape index (κ3) is 2.75. The Hall–Kier alpha value is -1.58. The summed E-state index contributed by atoms with van der Waals surface area (Å²) in [6, 6.07) is 6.07. The van der Waals surface area contributed by atoms with Gasteiger partial charge < -0.3 is 4.90 Å². The van der Waals surface area contributed by atoms with Crippen LogP contribution in [0, 0.1) is 5.82 Å². The summed E-state index contributed by atoms with van der Waals surface area (Å²) in [6.45, 7) is 1.61. The number of halogens is 1. The lowest BCUT2D eigenvalue weighted by atomic mass is 10.1. The molecule has 0 aromatic heterocycles. The molecule has 0 unspecified atom stereocenters. The van der Waals surface area contributed by atoms with E-state index in [0.29, 0.717) is 5.69 Å². The molecule has 2 amide bonds. The number of amides is 2. The Labute approximate surface area is 101 Å². The summed E-state index contributed by atoms with van der Waals surface area (Å²) in [5.74, 6) is -0.319. The molecule has 1 fully saturated rings. The van der Waals surface area contributed by atoms with Crippen molar-refractivity contribution in [1.82, 2.24) is 4.90 Å². The fraction of sp³-hybridized carbons (Fsp3) is 0.462. The largest absolute Gasteiger partial charge is 0.324 e. The van der Waals surface area contributed by atoms with E-state index in [9.17, 15) is 9.18 Å². The number of hydrogen-bond acceptors (Lipinski definition) is 1. The number of hydrogen-bond donors (Lipinski definition) is 0. The number of anilines is 1. The van der Waals surface area contributed by atoms with E-state index in [1.807, 2.05) is 4.90 Å². The number of carbonyl (C=O) groups is 1. The molecule has 1 aromatic carbocycles. The van der Waals surface area contributed by atoms with Crippen LogP contribution in [-0.2, 0) is 0 Å². The molecule has 1 saturated heterocycles. The lowest BCUT2D eigenvalue weighted by Crippen LogP contribution is -2.43. The average molecular weight is 236 g/mol. The molecule has 3 nitrogen and oxygen atoms in total. The third-order valence-corrected chi connectivity index (χ3v) is 3.11. The zero-order valence-electron chi connectivity index (χ0n) is 10.0. The van der Waals surface area contributed by atoms with Crippen molar-refractivity contribution in [2.75, 3.05) is 25.0 Å². The zero-order valence-corrected chi connectivity index (χ0v) is 10.0. The van der Waals surface area contributed by atoms with Crippen molar-refractivity contribution >= 4 is 11.7 Å². The van der Waals surface area contributed by atoms with E-state index < -0.39 is 0 Å². The molecule has 17 heavy (non-hydrogen) atoms. The molecule has 1 aliphatic heterocycles. The summed E-state index contributed by atoms with van der Waals surface area (Å²) < 4.78 is 13.1. The van der Waals surface area contributed by atoms with E-state index in [2.05, 4.69) is 0 Å². The molecule has 92 valence electrons. The number of benzene rings is 1. The van der Waals surface area contributed by atoms with Gasteiger partial charge in [-0.25, -0.2) is 9.18 Å². The van der Waals surface area contributed by atoms with Crippen molar-refractivity contribution in [2.45, 2.75) is 19.3 Å². The van der Waals surface area contributed by atoms with E-state index >= 15 is 0 Å². The second-order valence-corrected chi connectivity index (χ2v) is 4.37. The van der Waals surface area contributed by atoms with Crippen molar-refractivity contribution in [3.63, 3.8) is 0 Å². The highest BCUT2D eigenvalue weighted by Gasteiger charge is 2.20. The molecule has 2 rings (SSSR count). The number of urea groups is 1. The molecule has 0 N–H and O–H groups in total. The van der Waals surface area contributed by atoms with Gasteiger partial charge in [0.25, 0.3) is 0 Å². The van der Waals surface area contributed by atoms with Crippen molar-refractivity contribution in [1.29, 1.82) is 0 Å². The van der Waals surface area contributed by atoms with Crippen LogP contribution in [0.15, 0.2) is 24.3 Å². The molecule has 1 heterocycles. The van der Waals surface area contributed by atoms with Crippen LogP contribution >= 0.6 is 0 Å². The minimum absolute atomic E-state index is 0.0460. The van der Waals surface area contributed by atoms with Gasteiger partial charge in [-0.15, -0.1) is 0 Å². The van der Waals surface area contributed by atoms with Crippen molar-refractivity contribution in [2.24, 2.45) is 0 Å². The Kier molecular flexibility index (Phi) is 3.61. The fourth-order valence-corrected chi connectivity index (χ4v) is 2.09. The topological polar surface area (TPSA) is 23.6 Å². The summed E-state index contributed by atoms with van der Waals surface area (Å²) in [5.41, 5.74) is 0.598. The highest BCUT2D eigenvalue weighted by Crippen LogP contribution is 2.17. The van der Waals surface area contributed by atoms with Crippen LogP contribution in [0.25, 0.3) is 0 Å². The van der Waals surface area contributed by atoms with Gasteiger partial charge in [0.1, 0.15) is 5.82 Å². The molecular formula is C13H17FN2O. The van der Waals surface area contributed by atoms with Gasteiger partial charge in [0, 0.05) is 25.8 Å². The van der Waals surface area contributed by atoms with Crippen molar-refractivity contribution < 1.29 is 9.18 Å². The van der Waals surface area contributed by atoms with Gasteiger partial charge in [-0.1, -0.05) is 6.07 Å². The summed E-state index contributed by atoms with van der Waals surface area (Å²) in [6.07, 6.45) is 3.30. The van der Waals surface area contributed by atoms with E-state index in [4.69, 9.17) is 0 Å². The third-order valence-electron chi connectivity index (χ3n) is 3.11. The number of likely N-dealkylation sites (tertiary alicyclic amines) is 1. The summed E-state index contributed by atoms with van der Waals surface area (Å²) in [7, 11) is 1.69. The Balaban J connectivity index is 2.08. The normalized spacial score (nSPS) is 15.8. The standard InChI is InChI=1S/C13H17FN2O/c1-15(12-7-5-6-11(14)10-12)13(17)16-8-3-2-4-9-16/h5-7,10H,2-4,8-9H2,1H3. The summed E-state index contributed by atoms with van der Waals surface area (Å²) in [5, 5.41) is 0. The lowest BCUT2D eigenvalue weighted by molar-refractivity contribution is 0.194. The quantitative estimate of drug-likeness (QED) is 0.735. The number of nitrogens with zero attached hydrogens (tertiary/aromatic N) is 2. The Morgan fingerprint density at radius 3 is 2.65 bits per heavy atom. The number of piperidine rings is 1. The highest BCUT2D eigenvalue weighted by molar-refractivity contribution is 5.91. The van der Waals surface area contributed by atoms with Gasteiger partial charge in [0.05, 0.1) is 0 Å². The van der Waals surface area contributed by atoms with Gasteiger partial charge >= 0.3 is 6.03 Å². The van der Waals surface area contributed by atoms with E-state index in [0.717, 1.165) is 25.9 Å². The number of rotatable bonds is 1. The SMILES string of the molecule is CN(C(=O)N1CCCCC1)c1cccc(F)c1. The van der Waals surface area contributed by atoms with Crippen LogP contribution in [0.4, 0.5) is 14.9 Å². The first kappa shape index (κ1) is 11.9. The van der Waals surface area contributed by atoms with Crippen LogP contribution in [0.3, 0.4) is 0 Å². The lowest BCUT2D eigenvalue weighted by Gasteiger charge is -2.31. The monoisotopic (exact) mass is 236 g/mol. The van der Waals surface area contributed by atoms with Crippen LogP contribution in [0.1, 0.15) is 19.3 Å². The van der Waals surface area contributed by atoms with Crippen LogP contribution < -0.4 is 4.90 Å². The van der Waals surface area contributed by atoms with Crippen molar-refractivity contribution in [3.8, 4) is 0 Å². The molecule has 0 spiro atoms. The predicted octanol–water partition coefficient (Wildman–Crippen LogP) is 2.87. The van der Waals surface area contributed by atoms with Gasteiger partial charge in [-0.3, -0.25) is 4.90 Å². The van der Waals surface area contributed by atoms with Gasteiger partial charge in [0.2, 0.25) is 0 Å². The van der Waals surface area contributed by atoms with E-state index in [1.165, 1.54) is 23.5 Å². The summed E-state index contributed by atoms with van der Waals surface area (Å²) in [4.78, 5) is 15.5. The molecule has 0 atom stereocenters. The maximum atomic E-state index is 13.1. The number of carbonyl (C=O) groups excluding carboxylic acids is 1. The Bertz CT molecular complexity index is 402. The van der Waals surface area contributed by atoms with E-state index in [-0.39, 0.29) is 11.8 Å².